The number of nitro groups is 1. The normalized spacial score (nSPS) is 15.2. The summed E-state index contributed by atoms with van der Waals surface area (Å²) in [7, 11) is -3.62. The van der Waals surface area contributed by atoms with Crippen LogP contribution in [0.25, 0.3) is 6.08 Å². The Balaban J connectivity index is 1.75. The number of anilines is 1. The van der Waals surface area contributed by atoms with E-state index >= 15 is 0 Å². The fraction of sp³-hybridized carbons (Fsp3) is 0.286. The fourth-order valence-electron chi connectivity index (χ4n) is 3.30. The highest BCUT2D eigenvalue weighted by atomic mass is 32.2. The molecule has 30 heavy (non-hydrogen) atoms. The lowest BCUT2D eigenvalue weighted by atomic mass is 10.2. The molecule has 2 aromatic carbocycles. The summed E-state index contributed by atoms with van der Waals surface area (Å²) in [5.74, 6) is -0.466. The van der Waals surface area contributed by atoms with Crippen LogP contribution in [0, 0.1) is 17.0 Å². The van der Waals surface area contributed by atoms with Gasteiger partial charge in [-0.05, 0) is 49.1 Å². The molecule has 0 unspecified atom stereocenters. The quantitative estimate of drug-likeness (QED) is 0.427. The van der Waals surface area contributed by atoms with Gasteiger partial charge in [-0.2, -0.15) is 4.31 Å². The molecule has 1 heterocycles. The lowest BCUT2D eigenvalue weighted by molar-refractivity contribution is -0.384. The molecule has 1 N–H and O–H groups in total. The number of carbonyl (C=O) groups excluding carboxylic acids is 1. The van der Waals surface area contributed by atoms with Gasteiger partial charge in [-0.15, -0.1) is 0 Å². The van der Waals surface area contributed by atoms with E-state index in [0.29, 0.717) is 29.9 Å². The Kier molecular flexibility index (Phi) is 6.63. The molecular weight excluding hydrogens is 406 g/mol. The Morgan fingerprint density at radius 3 is 2.57 bits per heavy atom. The largest absolute Gasteiger partial charge is 0.322 e. The molecule has 1 aliphatic heterocycles. The second kappa shape index (κ2) is 9.19. The standard InChI is InChI=1S/C21H23N3O5S/c1-16-8-10-18(15-20(16)30(28,29)23-12-3-2-4-13-23)22-21(25)11-9-17-6-5-7-19(14-17)24(26)27/h5-11,14-15H,2-4,12-13H2,1H3,(H,22,25)/b11-9+. The monoisotopic (exact) mass is 429 g/mol. The summed E-state index contributed by atoms with van der Waals surface area (Å²) >= 11 is 0. The molecule has 1 saturated heterocycles. The predicted molar refractivity (Wildman–Crippen MR) is 115 cm³/mol. The van der Waals surface area contributed by atoms with Gasteiger partial charge >= 0.3 is 0 Å². The van der Waals surface area contributed by atoms with Gasteiger partial charge in [0.25, 0.3) is 5.69 Å². The molecule has 0 spiro atoms. The number of aryl methyl sites for hydroxylation is 1. The number of benzene rings is 2. The molecule has 1 fully saturated rings. The first kappa shape index (κ1) is 21.7. The first-order chi connectivity index (χ1) is 14.3. The van der Waals surface area contributed by atoms with Crippen molar-refractivity contribution < 1.29 is 18.1 Å². The third-order valence-corrected chi connectivity index (χ3v) is 6.94. The van der Waals surface area contributed by atoms with Gasteiger partial charge in [0.05, 0.1) is 9.82 Å². The van der Waals surface area contributed by atoms with Gasteiger partial charge in [0.15, 0.2) is 0 Å². The number of amides is 1. The van der Waals surface area contributed by atoms with E-state index in [9.17, 15) is 23.3 Å². The number of hydrogen-bond acceptors (Lipinski definition) is 5. The van der Waals surface area contributed by atoms with Crippen molar-refractivity contribution in [2.24, 2.45) is 0 Å². The van der Waals surface area contributed by atoms with Crippen molar-refractivity contribution in [2.75, 3.05) is 18.4 Å². The first-order valence-corrected chi connectivity index (χ1v) is 11.1. The van der Waals surface area contributed by atoms with Crippen molar-refractivity contribution >= 4 is 33.4 Å². The van der Waals surface area contributed by atoms with Gasteiger partial charge < -0.3 is 5.32 Å². The molecule has 9 heteroatoms. The van der Waals surface area contributed by atoms with Crippen LogP contribution >= 0.6 is 0 Å². The van der Waals surface area contributed by atoms with E-state index in [2.05, 4.69) is 5.32 Å². The Hall–Kier alpha value is -3.04. The van der Waals surface area contributed by atoms with Gasteiger partial charge in [0, 0.05) is 37.0 Å². The SMILES string of the molecule is Cc1ccc(NC(=O)/C=C/c2cccc([N+](=O)[O-])c2)cc1S(=O)(=O)N1CCCCC1. The number of nitrogens with zero attached hydrogens (tertiary/aromatic N) is 2. The van der Waals surface area contributed by atoms with Crippen molar-refractivity contribution in [1.29, 1.82) is 0 Å². The molecule has 0 radical (unpaired) electrons. The molecule has 0 bridgehead atoms. The third-order valence-electron chi connectivity index (χ3n) is 4.90. The van der Waals surface area contributed by atoms with Crippen LogP contribution in [-0.4, -0.2) is 36.6 Å². The van der Waals surface area contributed by atoms with Gasteiger partial charge in [-0.3, -0.25) is 14.9 Å². The average Bonchev–Trinajstić information content (AvgIpc) is 2.74. The molecule has 0 aromatic heterocycles. The number of piperidine rings is 1. The topological polar surface area (TPSA) is 110 Å². The van der Waals surface area contributed by atoms with Crippen LogP contribution in [0.3, 0.4) is 0 Å². The Morgan fingerprint density at radius 2 is 1.87 bits per heavy atom. The highest BCUT2D eigenvalue weighted by Crippen LogP contribution is 2.26. The van der Waals surface area contributed by atoms with Crippen molar-refractivity contribution in [3.8, 4) is 0 Å². The second-order valence-electron chi connectivity index (χ2n) is 7.12. The summed E-state index contributed by atoms with van der Waals surface area (Å²) < 4.78 is 27.5. The molecule has 0 atom stereocenters. The highest BCUT2D eigenvalue weighted by molar-refractivity contribution is 7.89. The smallest absolute Gasteiger partial charge is 0.270 e. The highest BCUT2D eigenvalue weighted by Gasteiger charge is 2.27. The van der Waals surface area contributed by atoms with Crippen molar-refractivity contribution in [3.05, 3.63) is 69.8 Å². The van der Waals surface area contributed by atoms with Crippen LogP contribution < -0.4 is 5.32 Å². The lowest BCUT2D eigenvalue weighted by Crippen LogP contribution is -2.36. The van der Waals surface area contributed by atoms with Gasteiger partial charge in [0.1, 0.15) is 0 Å². The number of non-ortho nitro benzene ring substituents is 1. The maximum absolute atomic E-state index is 13.0. The Labute approximate surface area is 175 Å². The van der Waals surface area contributed by atoms with Gasteiger partial charge in [-0.25, -0.2) is 8.42 Å². The molecular formula is C21H23N3O5S. The van der Waals surface area contributed by atoms with Crippen LogP contribution in [0.4, 0.5) is 11.4 Å². The first-order valence-electron chi connectivity index (χ1n) is 9.62. The fourth-order valence-corrected chi connectivity index (χ4v) is 5.07. The minimum atomic E-state index is -3.62. The number of sulfonamides is 1. The predicted octanol–water partition coefficient (Wildman–Crippen LogP) is 3.73. The van der Waals surface area contributed by atoms with Crippen molar-refractivity contribution in [3.63, 3.8) is 0 Å². The van der Waals surface area contributed by atoms with Crippen LogP contribution in [0.5, 0.6) is 0 Å². The van der Waals surface area contributed by atoms with Gasteiger partial charge in [0.2, 0.25) is 15.9 Å². The van der Waals surface area contributed by atoms with Crippen LogP contribution in [0.15, 0.2) is 53.4 Å². The number of nitro benzene ring substituents is 1. The number of carbonyl (C=O) groups is 1. The molecule has 2 aromatic rings. The lowest BCUT2D eigenvalue weighted by Gasteiger charge is -2.26. The molecule has 1 aliphatic rings. The van der Waals surface area contributed by atoms with Crippen molar-refractivity contribution in [2.45, 2.75) is 31.1 Å². The number of hydrogen-bond donors (Lipinski definition) is 1. The van der Waals surface area contributed by atoms with E-state index in [1.807, 2.05) is 0 Å². The molecule has 0 saturated carbocycles. The Morgan fingerprint density at radius 1 is 1.13 bits per heavy atom. The number of nitrogens with one attached hydrogen (secondary N) is 1. The maximum atomic E-state index is 13.0. The van der Waals surface area contributed by atoms with Crippen LogP contribution in [-0.2, 0) is 14.8 Å². The Bertz CT molecular complexity index is 1090. The van der Waals surface area contributed by atoms with Crippen LogP contribution in [0.2, 0.25) is 0 Å². The minimum absolute atomic E-state index is 0.0661. The van der Waals surface area contributed by atoms with E-state index in [1.165, 1.54) is 40.7 Å². The molecule has 3 rings (SSSR count). The summed E-state index contributed by atoms with van der Waals surface area (Å²) in [5, 5.41) is 13.5. The zero-order valence-corrected chi connectivity index (χ0v) is 17.4. The zero-order valence-electron chi connectivity index (χ0n) is 16.6. The summed E-state index contributed by atoms with van der Waals surface area (Å²) in [5.41, 5.74) is 1.43. The van der Waals surface area contributed by atoms with E-state index in [1.54, 1.807) is 25.1 Å². The van der Waals surface area contributed by atoms with E-state index in [4.69, 9.17) is 0 Å². The molecule has 8 nitrogen and oxygen atoms in total. The molecule has 1 amide bonds. The molecule has 0 aliphatic carbocycles. The second-order valence-corrected chi connectivity index (χ2v) is 9.03. The minimum Gasteiger partial charge on any atom is -0.322 e. The van der Waals surface area contributed by atoms with E-state index in [-0.39, 0.29) is 10.6 Å². The maximum Gasteiger partial charge on any atom is 0.270 e. The summed E-state index contributed by atoms with van der Waals surface area (Å²) in [4.78, 5) is 22.8. The van der Waals surface area contributed by atoms with Crippen LogP contribution in [0.1, 0.15) is 30.4 Å². The summed E-state index contributed by atoms with van der Waals surface area (Å²) in [6.45, 7) is 2.74. The average molecular weight is 429 g/mol. The zero-order chi connectivity index (χ0) is 21.7. The van der Waals surface area contributed by atoms with E-state index < -0.39 is 20.9 Å². The van der Waals surface area contributed by atoms with Crippen molar-refractivity contribution in [1.82, 2.24) is 4.31 Å². The molecule has 158 valence electrons. The van der Waals surface area contributed by atoms with E-state index in [0.717, 1.165) is 19.3 Å². The summed E-state index contributed by atoms with van der Waals surface area (Å²) in [6.07, 6.45) is 5.42. The van der Waals surface area contributed by atoms with Gasteiger partial charge in [-0.1, -0.05) is 24.6 Å². The number of rotatable bonds is 6. The summed E-state index contributed by atoms with van der Waals surface area (Å²) in [6, 6.07) is 10.7. The third kappa shape index (κ3) is 5.11.